The van der Waals surface area contributed by atoms with Gasteiger partial charge in [-0.2, -0.15) is 13.2 Å². The Morgan fingerprint density at radius 2 is 1.72 bits per heavy atom. The van der Waals surface area contributed by atoms with Crippen LogP contribution in [0.25, 0.3) is 5.69 Å². The monoisotopic (exact) mass is 317 g/mol. The first-order valence-electron chi connectivity index (χ1n) is 4.94. The van der Waals surface area contributed by atoms with Crippen LogP contribution < -0.4 is 0 Å². The summed E-state index contributed by atoms with van der Waals surface area (Å²) < 4.78 is 39.2. The van der Waals surface area contributed by atoms with E-state index in [-0.39, 0.29) is 0 Å². The van der Waals surface area contributed by atoms with Crippen molar-refractivity contribution >= 4 is 21.7 Å². The SMILES string of the molecule is O=C(c1cccn1-c1ccc(Br)cc1)C(F)(F)F. The molecule has 1 aromatic heterocycles. The summed E-state index contributed by atoms with van der Waals surface area (Å²) in [5, 5.41) is 0. The fraction of sp³-hybridized carbons (Fsp3) is 0.0833. The summed E-state index contributed by atoms with van der Waals surface area (Å²) in [4.78, 5) is 11.2. The van der Waals surface area contributed by atoms with Gasteiger partial charge in [-0.1, -0.05) is 15.9 Å². The number of ketones is 1. The van der Waals surface area contributed by atoms with Crippen molar-refractivity contribution < 1.29 is 18.0 Å². The molecule has 0 unspecified atom stereocenters. The van der Waals surface area contributed by atoms with Crippen molar-refractivity contribution in [1.82, 2.24) is 4.57 Å². The van der Waals surface area contributed by atoms with Crippen LogP contribution in [-0.4, -0.2) is 16.5 Å². The van der Waals surface area contributed by atoms with Crippen molar-refractivity contribution in [2.24, 2.45) is 0 Å². The van der Waals surface area contributed by atoms with E-state index in [0.717, 1.165) is 10.5 Å². The van der Waals surface area contributed by atoms with E-state index in [4.69, 9.17) is 0 Å². The average molecular weight is 318 g/mol. The third kappa shape index (κ3) is 2.48. The minimum atomic E-state index is -4.87. The Kier molecular flexibility index (Phi) is 3.30. The number of carbonyl (C=O) groups excluding carboxylic acids is 1. The molecule has 0 atom stereocenters. The molecule has 0 aliphatic carbocycles. The van der Waals surface area contributed by atoms with E-state index in [9.17, 15) is 18.0 Å². The number of hydrogen-bond donors (Lipinski definition) is 0. The van der Waals surface area contributed by atoms with Gasteiger partial charge in [0.15, 0.2) is 0 Å². The van der Waals surface area contributed by atoms with E-state index < -0.39 is 17.7 Å². The zero-order valence-corrected chi connectivity index (χ0v) is 10.5. The van der Waals surface area contributed by atoms with Crippen LogP contribution in [0.4, 0.5) is 13.2 Å². The molecular weight excluding hydrogens is 311 g/mol. The van der Waals surface area contributed by atoms with E-state index in [2.05, 4.69) is 15.9 Å². The van der Waals surface area contributed by atoms with Crippen molar-refractivity contribution in [3.8, 4) is 5.69 Å². The van der Waals surface area contributed by atoms with E-state index in [1.165, 1.54) is 16.8 Å². The highest BCUT2D eigenvalue weighted by Gasteiger charge is 2.40. The van der Waals surface area contributed by atoms with Gasteiger partial charge in [-0.3, -0.25) is 4.79 Å². The number of nitrogens with zero attached hydrogens (tertiary/aromatic N) is 1. The Morgan fingerprint density at radius 3 is 2.28 bits per heavy atom. The summed E-state index contributed by atoms with van der Waals surface area (Å²) in [5.74, 6) is -1.85. The standard InChI is InChI=1S/C12H7BrF3NO/c13-8-3-5-9(6-4-8)17-7-1-2-10(17)11(18)12(14,15)16/h1-7H. The maximum Gasteiger partial charge on any atom is 0.456 e. The molecule has 0 N–H and O–H groups in total. The third-order valence-corrected chi connectivity index (χ3v) is 2.87. The normalized spacial score (nSPS) is 11.6. The van der Waals surface area contributed by atoms with Crippen molar-refractivity contribution in [2.75, 3.05) is 0 Å². The van der Waals surface area contributed by atoms with Crippen LogP contribution in [0.15, 0.2) is 47.1 Å². The molecule has 0 saturated heterocycles. The summed E-state index contributed by atoms with van der Waals surface area (Å²) in [6.07, 6.45) is -3.45. The van der Waals surface area contributed by atoms with Gasteiger partial charge in [0.2, 0.25) is 0 Å². The van der Waals surface area contributed by atoms with Crippen LogP contribution in [0.3, 0.4) is 0 Å². The van der Waals surface area contributed by atoms with Gasteiger partial charge < -0.3 is 4.57 Å². The zero-order chi connectivity index (χ0) is 13.3. The Labute approximate surface area is 109 Å². The highest BCUT2D eigenvalue weighted by Crippen LogP contribution is 2.24. The summed E-state index contributed by atoms with van der Waals surface area (Å²) in [6, 6.07) is 9.18. The minimum absolute atomic E-state index is 0.398. The first-order valence-corrected chi connectivity index (χ1v) is 5.74. The Morgan fingerprint density at radius 1 is 1.11 bits per heavy atom. The van der Waals surface area contributed by atoms with E-state index >= 15 is 0 Å². The third-order valence-electron chi connectivity index (χ3n) is 2.34. The zero-order valence-electron chi connectivity index (χ0n) is 8.91. The molecule has 2 aromatic rings. The number of halogens is 4. The summed E-state index contributed by atoms with van der Waals surface area (Å²) >= 11 is 3.23. The quantitative estimate of drug-likeness (QED) is 0.768. The fourth-order valence-corrected chi connectivity index (χ4v) is 1.80. The molecule has 0 aliphatic heterocycles. The van der Waals surface area contributed by atoms with Crippen LogP contribution in [0.2, 0.25) is 0 Å². The Hall–Kier alpha value is -1.56. The number of rotatable bonds is 2. The summed E-state index contributed by atoms with van der Waals surface area (Å²) in [7, 11) is 0. The lowest BCUT2D eigenvalue weighted by atomic mass is 10.2. The number of aromatic nitrogens is 1. The maximum atomic E-state index is 12.4. The molecule has 0 bridgehead atoms. The number of hydrogen-bond acceptors (Lipinski definition) is 1. The van der Waals surface area contributed by atoms with Crippen LogP contribution >= 0.6 is 15.9 Å². The number of Topliss-reactive ketones (excluding diaryl/α,β-unsaturated/α-hetero) is 1. The molecule has 0 radical (unpaired) electrons. The van der Waals surface area contributed by atoms with Crippen molar-refractivity contribution in [3.63, 3.8) is 0 Å². The maximum absolute atomic E-state index is 12.4. The predicted octanol–water partition coefficient (Wildman–Crippen LogP) is 3.98. The van der Waals surface area contributed by atoms with Gasteiger partial charge in [-0.15, -0.1) is 0 Å². The highest BCUT2D eigenvalue weighted by molar-refractivity contribution is 9.10. The van der Waals surface area contributed by atoms with Gasteiger partial charge in [-0.05, 0) is 36.4 Å². The van der Waals surface area contributed by atoms with Crippen LogP contribution in [-0.2, 0) is 0 Å². The first kappa shape index (κ1) is 12.9. The smallest absolute Gasteiger partial charge is 0.314 e. The van der Waals surface area contributed by atoms with E-state index in [1.807, 2.05) is 0 Å². The van der Waals surface area contributed by atoms with Gasteiger partial charge in [0.1, 0.15) is 0 Å². The highest BCUT2D eigenvalue weighted by atomic mass is 79.9. The summed E-state index contributed by atoms with van der Waals surface area (Å²) in [5.41, 5.74) is 0.0978. The molecule has 6 heteroatoms. The molecular formula is C12H7BrF3NO. The molecule has 0 spiro atoms. The number of carbonyl (C=O) groups is 1. The summed E-state index contributed by atoms with van der Waals surface area (Å²) in [6.45, 7) is 0. The molecule has 94 valence electrons. The van der Waals surface area contributed by atoms with E-state index in [0.29, 0.717) is 5.69 Å². The minimum Gasteiger partial charge on any atom is -0.314 e. The Balaban J connectivity index is 2.45. The van der Waals surface area contributed by atoms with Crippen LogP contribution in [0.5, 0.6) is 0 Å². The van der Waals surface area contributed by atoms with E-state index in [1.54, 1.807) is 24.3 Å². The van der Waals surface area contributed by atoms with Crippen LogP contribution in [0.1, 0.15) is 10.5 Å². The molecule has 1 heterocycles. The largest absolute Gasteiger partial charge is 0.456 e. The molecule has 0 aliphatic rings. The van der Waals surface area contributed by atoms with Crippen LogP contribution in [0, 0.1) is 0 Å². The molecule has 2 nitrogen and oxygen atoms in total. The lowest BCUT2D eigenvalue weighted by Gasteiger charge is -2.10. The van der Waals surface area contributed by atoms with Crippen molar-refractivity contribution in [1.29, 1.82) is 0 Å². The fourth-order valence-electron chi connectivity index (χ4n) is 1.54. The molecule has 0 saturated carbocycles. The second-order valence-corrected chi connectivity index (χ2v) is 4.48. The van der Waals surface area contributed by atoms with Crippen molar-refractivity contribution in [2.45, 2.75) is 6.18 Å². The first-order chi connectivity index (χ1) is 8.39. The second kappa shape index (κ2) is 4.61. The Bertz CT molecular complexity index is 572. The van der Waals surface area contributed by atoms with Gasteiger partial charge in [0.25, 0.3) is 5.78 Å². The number of alkyl halides is 3. The lowest BCUT2D eigenvalue weighted by Crippen LogP contribution is -2.25. The lowest BCUT2D eigenvalue weighted by molar-refractivity contribution is -0.0889. The average Bonchev–Trinajstić information content (AvgIpc) is 2.76. The second-order valence-electron chi connectivity index (χ2n) is 3.57. The van der Waals surface area contributed by atoms with Gasteiger partial charge >= 0.3 is 6.18 Å². The molecule has 1 aromatic carbocycles. The molecule has 18 heavy (non-hydrogen) atoms. The van der Waals surface area contributed by atoms with Gasteiger partial charge in [-0.25, -0.2) is 0 Å². The molecule has 2 rings (SSSR count). The molecule has 0 fully saturated rings. The number of benzene rings is 1. The molecule has 0 amide bonds. The van der Waals surface area contributed by atoms with Gasteiger partial charge in [0, 0.05) is 16.4 Å². The predicted molar refractivity (Wildman–Crippen MR) is 63.9 cm³/mol. The van der Waals surface area contributed by atoms with Gasteiger partial charge in [0.05, 0.1) is 5.69 Å². The van der Waals surface area contributed by atoms with Crippen molar-refractivity contribution in [3.05, 3.63) is 52.8 Å². The topological polar surface area (TPSA) is 22.0 Å².